The van der Waals surface area contributed by atoms with Crippen LogP contribution in [0.15, 0.2) is 23.1 Å². The maximum Gasteiger partial charge on any atom is 0.301 e. The Labute approximate surface area is 130 Å². The van der Waals surface area contributed by atoms with Gasteiger partial charge in [0.2, 0.25) is 0 Å². The van der Waals surface area contributed by atoms with Crippen LogP contribution in [0.1, 0.15) is 0 Å². The Morgan fingerprint density at radius 1 is 1.26 bits per heavy atom. The van der Waals surface area contributed by atoms with Crippen molar-refractivity contribution in [2.45, 2.75) is 29.4 Å². The molecule has 12 heteroatoms. The number of hydrogen-bond donors (Lipinski definition) is 5. The van der Waals surface area contributed by atoms with Crippen molar-refractivity contribution in [2.75, 3.05) is 11.9 Å². The van der Waals surface area contributed by atoms with Gasteiger partial charge in [-0.1, -0.05) is 0 Å². The molecule has 0 radical (unpaired) electrons. The van der Waals surface area contributed by atoms with E-state index in [9.17, 15) is 33.9 Å². The number of ether oxygens (including phenoxy) is 1. The predicted molar refractivity (Wildman–Crippen MR) is 74.3 cm³/mol. The average Bonchev–Trinajstić information content (AvgIpc) is 2.46. The van der Waals surface area contributed by atoms with Crippen molar-refractivity contribution in [3.05, 3.63) is 28.3 Å². The second-order valence-corrected chi connectivity index (χ2v) is 6.25. The van der Waals surface area contributed by atoms with Crippen molar-refractivity contribution in [2.24, 2.45) is 0 Å². The lowest BCUT2D eigenvalue weighted by Gasteiger charge is -2.35. The molecule has 0 amide bonds. The molecule has 0 saturated carbocycles. The Hall–Kier alpha value is -1.83. The first kappa shape index (κ1) is 17.5. The highest BCUT2D eigenvalue weighted by molar-refractivity contribution is 7.86. The highest BCUT2D eigenvalue weighted by atomic mass is 32.2. The second-order valence-electron chi connectivity index (χ2n) is 4.86. The Morgan fingerprint density at radius 3 is 2.48 bits per heavy atom. The zero-order valence-electron chi connectivity index (χ0n) is 11.4. The van der Waals surface area contributed by atoms with Crippen molar-refractivity contribution in [3.63, 3.8) is 0 Å². The van der Waals surface area contributed by atoms with Crippen LogP contribution in [0, 0.1) is 10.1 Å². The van der Waals surface area contributed by atoms with Crippen LogP contribution in [-0.4, -0.2) is 64.4 Å². The zero-order chi connectivity index (χ0) is 17.4. The Bertz CT molecular complexity index is 707. The number of aliphatic hydroxyl groups excluding tert-OH is 3. The summed E-state index contributed by atoms with van der Waals surface area (Å²) in [5.41, 5.74) is -0.861. The van der Waals surface area contributed by atoms with Gasteiger partial charge in [0.05, 0.1) is 11.5 Å². The molecule has 1 aromatic rings. The number of aliphatic hydroxyl groups is 3. The fraction of sp³-hybridized carbons (Fsp3) is 0.455. The smallest absolute Gasteiger partial charge is 0.301 e. The fourth-order valence-corrected chi connectivity index (χ4v) is 2.70. The van der Waals surface area contributed by atoms with E-state index >= 15 is 0 Å². The van der Waals surface area contributed by atoms with Gasteiger partial charge in [-0.15, -0.1) is 0 Å². The van der Waals surface area contributed by atoms with E-state index in [-0.39, 0.29) is 12.3 Å². The van der Waals surface area contributed by atoms with Gasteiger partial charge in [0.25, 0.3) is 5.69 Å². The van der Waals surface area contributed by atoms with E-state index in [1.807, 2.05) is 0 Å². The first-order chi connectivity index (χ1) is 10.6. The molecule has 0 aliphatic carbocycles. The molecule has 11 nitrogen and oxygen atoms in total. The Balaban J connectivity index is 2.28. The van der Waals surface area contributed by atoms with Crippen molar-refractivity contribution in [1.82, 2.24) is 0 Å². The zero-order valence-corrected chi connectivity index (χ0v) is 12.3. The number of benzene rings is 1. The van der Waals surface area contributed by atoms with Crippen LogP contribution < -0.4 is 5.32 Å². The molecule has 0 unspecified atom stereocenters. The number of anilines is 1. The Kier molecular flexibility index (Phi) is 4.84. The highest BCUT2D eigenvalue weighted by Crippen LogP contribution is 2.28. The van der Waals surface area contributed by atoms with Crippen molar-refractivity contribution in [3.8, 4) is 0 Å². The van der Waals surface area contributed by atoms with Gasteiger partial charge in [-0.25, -0.2) is 0 Å². The molecule has 2 rings (SSSR count). The van der Waals surface area contributed by atoms with Crippen LogP contribution in [0.5, 0.6) is 0 Å². The molecule has 1 aliphatic rings. The highest BCUT2D eigenvalue weighted by Gasteiger charge is 2.37. The van der Waals surface area contributed by atoms with Crippen LogP contribution in [0.25, 0.3) is 0 Å². The molecular formula is C11H14N2O9S. The number of nitrogens with one attached hydrogen (secondary N) is 1. The Morgan fingerprint density at radius 2 is 1.91 bits per heavy atom. The van der Waals surface area contributed by atoms with Crippen molar-refractivity contribution < 1.29 is 38.0 Å². The quantitative estimate of drug-likeness (QED) is 0.248. The molecule has 1 fully saturated rings. The number of nitro benzene ring substituents is 1. The van der Waals surface area contributed by atoms with Gasteiger partial charge in [-0.3, -0.25) is 14.7 Å². The number of nitrogens with zero attached hydrogens (tertiary/aromatic N) is 1. The average molecular weight is 350 g/mol. The summed E-state index contributed by atoms with van der Waals surface area (Å²) in [6.45, 7) is -0.277. The summed E-state index contributed by atoms with van der Waals surface area (Å²) in [5, 5.41) is 42.1. The van der Waals surface area contributed by atoms with Gasteiger partial charge in [0, 0.05) is 11.8 Å². The van der Waals surface area contributed by atoms with E-state index in [1.165, 1.54) is 0 Å². The first-order valence-corrected chi connectivity index (χ1v) is 7.73. The van der Waals surface area contributed by atoms with Crippen LogP contribution in [0.2, 0.25) is 0 Å². The third-order valence-corrected chi connectivity index (χ3v) is 4.14. The lowest BCUT2D eigenvalue weighted by molar-refractivity contribution is -0.387. The van der Waals surface area contributed by atoms with Gasteiger partial charge >= 0.3 is 10.1 Å². The number of hydrogen-bond acceptors (Lipinski definition) is 9. The van der Waals surface area contributed by atoms with Crippen LogP contribution >= 0.6 is 0 Å². The summed E-state index contributed by atoms with van der Waals surface area (Å²) < 4.78 is 36.2. The van der Waals surface area contributed by atoms with Crippen molar-refractivity contribution in [1.29, 1.82) is 0 Å². The summed E-state index contributed by atoms with van der Waals surface area (Å²) in [4.78, 5) is 9.04. The van der Waals surface area contributed by atoms with Gasteiger partial charge < -0.3 is 25.4 Å². The van der Waals surface area contributed by atoms with Crippen LogP contribution in [-0.2, 0) is 14.9 Å². The van der Waals surface area contributed by atoms with Gasteiger partial charge in [-0.05, 0) is 12.1 Å². The lowest BCUT2D eigenvalue weighted by Crippen LogP contribution is -2.55. The molecule has 23 heavy (non-hydrogen) atoms. The van der Waals surface area contributed by atoms with E-state index in [4.69, 9.17) is 9.29 Å². The van der Waals surface area contributed by atoms with E-state index in [1.54, 1.807) is 0 Å². The summed E-state index contributed by atoms with van der Waals surface area (Å²) in [6.07, 6.45) is -5.45. The van der Waals surface area contributed by atoms with E-state index in [0.29, 0.717) is 0 Å². The number of rotatable bonds is 4. The van der Waals surface area contributed by atoms with Crippen molar-refractivity contribution >= 4 is 21.5 Å². The standard InChI is InChI=1S/C11H14N2O9S/c14-7-4-22-11(10(16)9(7)15)12-5-1-2-8(23(19,20)21)6(3-5)13(17)18/h1-3,7,9-12,14-16H,4H2,(H,19,20,21)/t7-,9+,10-,11-/m1/s1. The topological polar surface area (TPSA) is 179 Å². The predicted octanol–water partition coefficient (Wildman–Crippen LogP) is -1.31. The van der Waals surface area contributed by atoms with E-state index in [2.05, 4.69) is 5.32 Å². The maximum atomic E-state index is 11.1. The van der Waals surface area contributed by atoms with E-state index < -0.39 is 50.2 Å². The molecule has 1 heterocycles. The molecule has 0 aromatic heterocycles. The molecule has 1 aromatic carbocycles. The minimum Gasteiger partial charge on any atom is -0.388 e. The van der Waals surface area contributed by atoms with Crippen LogP contribution in [0.3, 0.4) is 0 Å². The molecular weight excluding hydrogens is 336 g/mol. The minimum absolute atomic E-state index is 0.0109. The third-order valence-electron chi connectivity index (χ3n) is 3.24. The SMILES string of the molecule is O=[N+]([O-])c1cc(N[C@@H]2OC[C@@H](O)[C@H](O)[C@H]2O)ccc1S(=O)(=O)O. The largest absolute Gasteiger partial charge is 0.388 e. The van der Waals surface area contributed by atoms with Gasteiger partial charge in [0.15, 0.2) is 11.1 Å². The molecule has 1 saturated heterocycles. The second kappa shape index (κ2) is 6.35. The fourth-order valence-electron chi connectivity index (χ4n) is 2.07. The first-order valence-electron chi connectivity index (χ1n) is 6.29. The molecule has 5 N–H and O–H groups in total. The summed E-state index contributed by atoms with van der Waals surface area (Å²) in [5.74, 6) is 0. The lowest BCUT2D eigenvalue weighted by atomic mass is 10.0. The van der Waals surface area contributed by atoms with Gasteiger partial charge in [-0.2, -0.15) is 8.42 Å². The molecule has 1 aliphatic heterocycles. The maximum absolute atomic E-state index is 11.1. The minimum atomic E-state index is -4.78. The third kappa shape index (κ3) is 3.74. The molecule has 0 spiro atoms. The summed E-state index contributed by atoms with van der Waals surface area (Å²) >= 11 is 0. The molecule has 4 atom stereocenters. The molecule has 0 bridgehead atoms. The number of nitro groups is 1. The summed E-state index contributed by atoms with van der Waals surface area (Å²) in [6, 6.07) is 2.76. The summed E-state index contributed by atoms with van der Waals surface area (Å²) in [7, 11) is -4.78. The monoisotopic (exact) mass is 350 g/mol. The molecule has 128 valence electrons. The van der Waals surface area contributed by atoms with E-state index in [0.717, 1.165) is 18.2 Å². The van der Waals surface area contributed by atoms with Crippen LogP contribution in [0.4, 0.5) is 11.4 Å². The normalized spacial score (nSPS) is 28.3. The van der Waals surface area contributed by atoms with Gasteiger partial charge in [0.1, 0.15) is 18.3 Å².